The lowest BCUT2D eigenvalue weighted by molar-refractivity contribution is 0.0693. The lowest BCUT2D eigenvalue weighted by Crippen LogP contribution is -2.39. The van der Waals surface area contributed by atoms with Crippen LogP contribution < -0.4 is 16.4 Å². The lowest BCUT2D eigenvalue weighted by atomic mass is 10.1. The van der Waals surface area contributed by atoms with Crippen molar-refractivity contribution < 1.29 is 9.53 Å². The highest BCUT2D eigenvalue weighted by Crippen LogP contribution is 2.32. The molecule has 1 aliphatic rings. The van der Waals surface area contributed by atoms with Gasteiger partial charge in [0.05, 0.1) is 15.7 Å². The van der Waals surface area contributed by atoms with Crippen LogP contribution in [0.4, 0.5) is 17.2 Å². The molecule has 0 radical (unpaired) electrons. The Labute approximate surface area is 154 Å². The van der Waals surface area contributed by atoms with Gasteiger partial charge in [-0.05, 0) is 37.1 Å². The Hall–Kier alpha value is -2.09. The summed E-state index contributed by atoms with van der Waals surface area (Å²) >= 11 is 12.0. The summed E-state index contributed by atoms with van der Waals surface area (Å²) in [5.41, 5.74) is 6.90. The van der Waals surface area contributed by atoms with Gasteiger partial charge in [0.25, 0.3) is 5.91 Å². The maximum Gasteiger partial charge on any atom is 0.272 e. The maximum absolute atomic E-state index is 12.2. The average Bonchev–Trinajstić information content (AvgIpc) is 2.61. The van der Waals surface area contributed by atoms with Gasteiger partial charge in [-0.25, -0.2) is 0 Å². The summed E-state index contributed by atoms with van der Waals surface area (Å²) < 4.78 is 5.27. The topological polar surface area (TPSA) is 102 Å². The van der Waals surface area contributed by atoms with E-state index in [9.17, 15) is 4.79 Å². The third-order valence-electron chi connectivity index (χ3n) is 3.81. The van der Waals surface area contributed by atoms with Crippen LogP contribution in [0.1, 0.15) is 23.3 Å². The largest absolute Gasteiger partial charge is 0.396 e. The molecule has 0 saturated carbocycles. The highest BCUT2D eigenvalue weighted by atomic mass is 35.5. The van der Waals surface area contributed by atoms with Crippen molar-refractivity contribution in [1.29, 1.82) is 0 Å². The SMILES string of the molecule is Nc1c(Cl)cc(Nc2ccc(C(=O)NC3CCOCC3)nn2)cc1Cl. The van der Waals surface area contributed by atoms with E-state index in [4.69, 9.17) is 33.7 Å². The first-order chi connectivity index (χ1) is 12.0. The van der Waals surface area contributed by atoms with E-state index in [2.05, 4.69) is 20.8 Å². The fraction of sp³-hybridized carbons (Fsp3) is 0.312. The van der Waals surface area contributed by atoms with Crippen LogP contribution in [0.2, 0.25) is 10.0 Å². The predicted molar refractivity (Wildman–Crippen MR) is 97.5 cm³/mol. The zero-order valence-electron chi connectivity index (χ0n) is 13.3. The highest BCUT2D eigenvalue weighted by molar-refractivity contribution is 6.39. The summed E-state index contributed by atoms with van der Waals surface area (Å²) in [6.07, 6.45) is 1.61. The number of nitrogens with zero attached hydrogens (tertiary/aromatic N) is 2. The van der Waals surface area contributed by atoms with E-state index in [0.717, 1.165) is 12.8 Å². The van der Waals surface area contributed by atoms with Gasteiger partial charge in [0.1, 0.15) is 0 Å². The molecule has 2 heterocycles. The van der Waals surface area contributed by atoms with Crippen molar-refractivity contribution in [2.75, 3.05) is 24.3 Å². The normalized spacial score (nSPS) is 15.0. The van der Waals surface area contributed by atoms with Gasteiger partial charge in [-0.3, -0.25) is 4.79 Å². The van der Waals surface area contributed by atoms with Crippen molar-refractivity contribution in [3.05, 3.63) is 40.0 Å². The van der Waals surface area contributed by atoms with Crippen LogP contribution in [0.15, 0.2) is 24.3 Å². The smallest absolute Gasteiger partial charge is 0.272 e. The first-order valence-electron chi connectivity index (χ1n) is 7.77. The van der Waals surface area contributed by atoms with Crippen molar-refractivity contribution in [3.8, 4) is 0 Å². The summed E-state index contributed by atoms with van der Waals surface area (Å²) in [7, 11) is 0. The van der Waals surface area contributed by atoms with E-state index < -0.39 is 0 Å². The van der Waals surface area contributed by atoms with Crippen LogP contribution >= 0.6 is 23.2 Å². The summed E-state index contributed by atoms with van der Waals surface area (Å²) in [4.78, 5) is 12.2. The first-order valence-corrected chi connectivity index (χ1v) is 8.52. The molecule has 2 aromatic rings. The number of carbonyl (C=O) groups excluding carboxylic acids is 1. The van der Waals surface area contributed by atoms with Crippen molar-refractivity contribution in [3.63, 3.8) is 0 Å². The van der Waals surface area contributed by atoms with Crippen molar-refractivity contribution >= 4 is 46.3 Å². The minimum absolute atomic E-state index is 0.111. The van der Waals surface area contributed by atoms with Crippen molar-refractivity contribution in [2.24, 2.45) is 0 Å². The van der Waals surface area contributed by atoms with Gasteiger partial charge >= 0.3 is 0 Å². The van der Waals surface area contributed by atoms with Crippen LogP contribution in [0.3, 0.4) is 0 Å². The molecule has 1 aliphatic heterocycles. The Balaban J connectivity index is 1.64. The number of hydrogen-bond acceptors (Lipinski definition) is 6. The van der Waals surface area contributed by atoms with E-state index in [1.807, 2.05) is 0 Å². The minimum atomic E-state index is -0.246. The number of ether oxygens (including phenoxy) is 1. The minimum Gasteiger partial charge on any atom is -0.396 e. The quantitative estimate of drug-likeness (QED) is 0.703. The number of nitrogens with one attached hydrogen (secondary N) is 2. The van der Waals surface area contributed by atoms with Gasteiger partial charge in [0.15, 0.2) is 11.5 Å². The monoisotopic (exact) mass is 381 g/mol. The van der Waals surface area contributed by atoms with Crippen LogP contribution in [0.25, 0.3) is 0 Å². The summed E-state index contributed by atoms with van der Waals surface area (Å²) in [5.74, 6) is 0.212. The van der Waals surface area contributed by atoms with E-state index in [-0.39, 0.29) is 17.6 Å². The second-order valence-electron chi connectivity index (χ2n) is 5.64. The maximum atomic E-state index is 12.2. The number of rotatable bonds is 4. The van der Waals surface area contributed by atoms with E-state index in [0.29, 0.717) is 40.5 Å². The molecule has 1 aromatic heterocycles. The molecular weight excluding hydrogens is 365 g/mol. The Morgan fingerprint density at radius 3 is 2.44 bits per heavy atom. The average molecular weight is 382 g/mol. The Morgan fingerprint density at radius 1 is 1.16 bits per heavy atom. The van der Waals surface area contributed by atoms with Gasteiger partial charge in [-0.1, -0.05) is 23.2 Å². The molecule has 0 atom stereocenters. The van der Waals surface area contributed by atoms with E-state index in [1.165, 1.54) is 0 Å². The second-order valence-corrected chi connectivity index (χ2v) is 6.46. The number of benzene rings is 1. The van der Waals surface area contributed by atoms with Gasteiger partial charge in [-0.15, -0.1) is 10.2 Å². The Bertz CT molecular complexity index is 741. The molecule has 1 aromatic carbocycles. The van der Waals surface area contributed by atoms with Gasteiger partial charge in [0.2, 0.25) is 0 Å². The number of nitrogen functional groups attached to an aromatic ring is 1. The van der Waals surface area contributed by atoms with Gasteiger partial charge in [-0.2, -0.15) is 0 Å². The fourth-order valence-corrected chi connectivity index (χ4v) is 2.91. The van der Waals surface area contributed by atoms with E-state index in [1.54, 1.807) is 24.3 Å². The first kappa shape index (κ1) is 17.7. The molecule has 7 nitrogen and oxygen atoms in total. The molecule has 25 heavy (non-hydrogen) atoms. The van der Waals surface area contributed by atoms with Crippen molar-refractivity contribution in [2.45, 2.75) is 18.9 Å². The zero-order valence-corrected chi connectivity index (χ0v) is 14.8. The summed E-state index contributed by atoms with van der Waals surface area (Å²) in [6.45, 7) is 1.32. The number of aromatic nitrogens is 2. The zero-order chi connectivity index (χ0) is 17.8. The molecule has 3 rings (SSSR count). The lowest BCUT2D eigenvalue weighted by Gasteiger charge is -2.22. The molecule has 0 unspecified atom stereocenters. The van der Waals surface area contributed by atoms with Gasteiger partial charge in [0, 0.05) is 24.9 Å². The van der Waals surface area contributed by atoms with Crippen LogP contribution in [0.5, 0.6) is 0 Å². The van der Waals surface area contributed by atoms with Crippen LogP contribution in [-0.2, 0) is 4.74 Å². The molecular formula is C16H17Cl2N5O2. The molecule has 1 fully saturated rings. The molecule has 0 spiro atoms. The molecule has 1 amide bonds. The molecule has 0 aliphatic carbocycles. The number of anilines is 3. The number of nitrogens with two attached hydrogens (primary N) is 1. The van der Waals surface area contributed by atoms with Gasteiger partial charge < -0.3 is 21.1 Å². The van der Waals surface area contributed by atoms with Crippen LogP contribution in [-0.4, -0.2) is 35.4 Å². The molecule has 4 N–H and O–H groups in total. The number of carbonyl (C=O) groups is 1. The molecule has 132 valence electrons. The summed E-state index contributed by atoms with van der Waals surface area (Å²) in [6, 6.07) is 6.64. The number of halogens is 2. The Morgan fingerprint density at radius 2 is 1.84 bits per heavy atom. The second kappa shape index (κ2) is 7.86. The third kappa shape index (κ3) is 4.50. The fourth-order valence-electron chi connectivity index (χ4n) is 2.43. The predicted octanol–water partition coefficient (Wildman–Crippen LogP) is 3.02. The van der Waals surface area contributed by atoms with Crippen LogP contribution in [0, 0.1) is 0 Å². The molecule has 1 saturated heterocycles. The Kier molecular flexibility index (Phi) is 5.57. The highest BCUT2D eigenvalue weighted by Gasteiger charge is 2.18. The standard InChI is InChI=1S/C16H17Cl2N5O2/c17-11-7-10(8-12(18)15(11)19)20-14-2-1-13(22-23-14)16(24)21-9-3-5-25-6-4-9/h1-2,7-9H,3-6,19H2,(H,20,23)(H,21,24). The third-order valence-corrected chi connectivity index (χ3v) is 4.43. The summed E-state index contributed by atoms with van der Waals surface area (Å²) in [5, 5.41) is 14.6. The van der Waals surface area contributed by atoms with Crippen molar-refractivity contribution in [1.82, 2.24) is 15.5 Å². The molecule has 0 bridgehead atoms. The van der Waals surface area contributed by atoms with E-state index >= 15 is 0 Å². The number of hydrogen-bond donors (Lipinski definition) is 3. The molecule has 9 heteroatoms. The number of amides is 1.